The first-order valence-electron chi connectivity index (χ1n) is 7.05. The van der Waals surface area contributed by atoms with E-state index in [1.807, 2.05) is 43.3 Å². The van der Waals surface area contributed by atoms with Gasteiger partial charge in [0, 0.05) is 45.1 Å². The number of hydrogen-bond acceptors (Lipinski definition) is 3. The van der Waals surface area contributed by atoms with Crippen LogP contribution < -0.4 is 4.90 Å². The van der Waals surface area contributed by atoms with Crippen LogP contribution >= 0.6 is 0 Å². The van der Waals surface area contributed by atoms with Crippen LogP contribution in [-0.4, -0.2) is 36.4 Å². The quantitative estimate of drug-likeness (QED) is 0.368. The summed E-state index contributed by atoms with van der Waals surface area (Å²) in [7, 11) is 3.95. The van der Waals surface area contributed by atoms with Crippen molar-refractivity contribution in [3.8, 4) is 0 Å². The smallest absolute Gasteiger partial charge is 0.227 e. The van der Waals surface area contributed by atoms with Crippen LogP contribution in [-0.2, 0) is 4.79 Å². The summed E-state index contributed by atoms with van der Waals surface area (Å²) in [6, 6.07) is 7.73. The maximum Gasteiger partial charge on any atom is 0.227 e. The number of nitrogens with zero attached hydrogens (tertiary/aromatic N) is 2. The molecule has 0 radical (unpaired) electrons. The Morgan fingerprint density at radius 2 is 1.90 bits per heavy atom. The summed E-state index contributed by atoms with van der Waals surface area (Å²) in [4.78, 5) is 14.0. The lowest BCUT2D eigenvalue weighted by Gasteiger charge is -2.30. The third-order valence-corrected chi connectivity index (χ3v) is 4.08. The minimum atomic E-state index is -0.890. The fourth-order valence-electron chi connectivity index (χ4n) is 2.53. The van der Waals surface area contributed by atoms with Crippen LogP contribution in [0.3, 0.4) is 0 Å². The van der Waals surface area contributed by atoms with Gasteiger partial charge in [0.2, 0.25) is 11.3 Å². The van der Waals surface area contributed by atoms with Gasteiger partial charge < -0.3 is 10.1 Å². The number of benzene rings is 1. The summed E-state index contributed by atoms with van der Waals surface area (Å²) < 4.78 is 0.846. The molecular weight excluding hydrogens is 252 g/mol. The van der Waals surface area contributed by atoms with Crippen LogP contribution in [0.5, 0.6) is 0 Å². The molecule has 1 aromatic carbocycles. The lowest BCUT2D eigenvalue weighted by atomic mass is 9.82. The number of anilines is 1. The fourth-order valence-corrected chi connectivity index (χ4v) is 2.53. The molecule has 1 atom stereocenters. The van der Waals surface area contributed by atoms with Crippen LogP contribution in [0, 0.1) is 5.21 Å². The molecule has 20 heavy (non-hydrogen) atoms. The Labute approximate surface area is 120 Å². The fraction of sp³-hybridized carbons (Fsp3) is 0.500. The second-order valence-corrected chi connectivity index (χ2v) is 5.84. The standard InChI is InChI=1S/C16H22N2O2/c1-16(11-5-4-6-15(16)19)18(20)12-13-7-9-14(10-8-13)17(2)3/h7-10,12H,4-6,11H2,1-3H3/b18-12-. The number of Topliss-reactive ketones (excluding diaryl/α,β-unsaturated/α-hetero) is 1. The Hall–Kier alpha value is -1.84. The number of hydroxylamine groups is 1. The average molecular weight is 274 g/mol. The summed E-state index contributed by atoms with van der Waals surface area (Å²) in [5, 5.41) is 12.3. The highest BCUT2D eigenvalue weighted by atomic mass is 16.5. The van der Waals surface area contributed by atoms with Crippen LogP contribution in [0.4, 0.5) is 5.69 Å². The zero-order valence-electron chi connectivity index (χ0n) is 12.4. The van der Waals surface area contributed by atoms with Gasteiger partial charge in [-0.3, -0.25) is 4.79 Å². The largest absolute Gasteiger partial charge is 0.623 e. The number of carbonyl (C=O) groups is 1. The second kappa shape index (κ2) is 5.65. The molecule has 0 N–H and O–H groups in total. The molecule has 108 valence electrons. The minimum absolute atomic E-state index is 0.0555. The van der Waals surface area contributed by atoms with Crippen molar-refractivity contribution < 1.29 is 9.53 Å². The van der Waals surface area contributed by atoms with Gasteiger partial charge >= 0.3 is 0 Å². The van der Waals surface area contributed by atoms with Crippen molar-refractivity contribution in [3.05, 3.63) is 35.0 Å². The van der Waals surface area contributed by atoms with Gasteiger partial charge in [-0.1, -0.05) is 0 Å². The first-order chi connectivity index (χ1) is 9.43. The van der Waals surface area contributed by atoms with Crippen molar-refractivity contribution in [2.75, 3.05) is 19.0 Å². The molecule has 2 rings (SSSR count). The van der Waals surface area contributed by atoms with Crippen molar-refractivity contribution in [3.63, 3.8) is 0 Å². The molecule has 4 heteroatoms. The van der Waals surface area contributed by atoms with Gasteiger partial charge in [0.1, 0.15) is 0 Å². The summed E-state index contributed by atoms with van der Waals surface area (Å²) in [6.07, 6.45) is 4.53. The van der Waals surface area contributed by atoms with E-state index in [1.54, 1.807) is 6.92 Å². The Morgan fingerprint density at radius 1 is 1.25 bits per heavy atom. The predicted molar refractivity (Wildman–Crippen MR) is 81.4 cm³/mol. The first-order valence-corrected chi connectivity index (χ1v) is 7.05. The molecule has 1 unspecified atom stereocenters. The Kier molecular flexibility index (Phi) is 4.12. The molecule has 0 aliphatic heterocycles. The van der Waals surface area contributed by atoms with E-state index >= 15 is 0 Å². The number of carbonyl (C=O) groups excluding carboxylic acids is 1. The number of rotatable bonds is 3. The van der Waals surface area contributed by atoms with E-state index < -0.39 is 5.54 Å². The van der Waals surface area contributed by atoms with E-state index in [2.05, 4.69) is 0 Å². The van der Waals surface area contributed by atoms with E-state index in [9.17, 15) is 10.0 Å². The van der Waals surface area contributed by atoms with E-state index in [4.69, 9.17) is 0 Å². The van der Waals surface area contributed by atoms with Gasteiger partial charge in [-0.15, -0.1) is 0 Å². The molecule has 0 bridgehead atoms. The normalized spacial score (nSPS) is 23.8. The molecule has 4 nitrogen and oxygen atoms in total. The molecule has 1 fully saturated rings. The SMILES string of the molecule is CN(C)c1ccc(/C=[N+](\[O-])C2(C)CCCCC2=O)cc1. The molecule has 0 amide bonds. The van der Waals surface area contributed by atoms with E-state index in [1.165, 1.54) is 6.21 Å². The van der Waals surface area contributed by atoms with Gasteiger partial charge in [-0.2, -0.15) is 4.74 Å². The molecular formula is C16H22N2O2. The molecule has 0 heterocycles. The Bertz CT molecular complexity index is 520. The maximum absolute atomic E-state index is 12.3. The van der Waals surface area contributed by atoms with E-state index in [0.717, 1.165) is 28.8 Å². The van der Waals surface area contributed by atoms with Crippen LogP contribution in [0.15, 0.2) is 24.3 Å². The topological polar surface area (TPSA) is 46.4 Å². The van der Waals surface area contributed by atoms with E-state index in [-0.39, 0.29) is 5.78 Å². The third kappa shape index (κ3) is 2.84. The van der Waals surface area contributed by atoms with Gasteiger partial charge in [0.25, 0.3) is 0 Å². The zero-order chi connectivity index (χ0) is 14.8. The zero-order valence-corrected chi connectivity index (χ0v) is 12.4. The molecule has 1 aliphatic rings. The van der Waals surface area contributed by atoms with Crippen molar-refractivity contribution in [2.24, 2.45) is 0 Å². The third-order valence-electron chi connectivity index (χ3n) is 4.08. The van der Waals surface area contributed by atoms with Gasteiger partial charge in [-0.05, 0) is 37.1 Å². The lowest BCUT2D eigenvalue weighted by molar-refractivity contribution is -0.525. The maximum atomic E-state index is 12.3. The van der Waals surface area contributed by atoms with Crippen molar-refractivity contribution in [2.45, 2.75) is 38.1 Å². The highest BCUT2D eigenvalue weighted by Crippen LogP contribution is 2.27. The van der Waals surface area contributed by atoms with Crippen molar-refractivity contribution in [1.29, 1.82) is 0 Å². The predicted octanol–water partition coefficient (Wildman–Crippen LogP) is 2.58. The average Bonchev–Trinajstić information content (AvgIpc) is 2.42. The molecule has 1 aliphatic carbocycles. The minimum Gasteiger partial charge on any atom is -0.623 e. The van der Waals surface area contributed by atoms with Crippen LogP contribution in [0.1, 0.15) is 38.2 Å². The van der Waals surface area contributed by atoms with Gasteiger partial charge in [0.15, 0.2) is 6.21 Å². The summed E-state index contributed by atoms with van der Waals surface area (Å²) in [5.41, 5.74) is 1.02. The van der Waals surface area contributed by atoms with Crippen LogP contribution in [0.25, 0.3) is 0 Å². The highest BCUT2D eigenvalue weighted by Gasteiger charge is 2.42. The van der Waals surface area contributed by atoms with Crippen molar-refractivity contribution >= 4 is 17.7 Å². The number of hydrogen-bond donors (Lipinski definition) is 0. The number of ketones is 1. The first kappa shape index (κ1) is 14.6. The molecule has 0 saturated heterocycles. The molecule has 1 saturated carbocycles. The molecule has 0 aromatic heterocycles. The van der Waals surface area contributed by atoms with E-state index in [0.29, 0.717) is 12.8 Å². The monoisotopic (exact) mass is 274 g/mol. The van der Waals surface area contributed by atoms with Gasteiger partial charge in [-0.25, -0.2) is 0 Å². The summed E-state index contributed by atoms with van der Waals surface area (Å²) >= 11 is 0. The second-order valence-electron chi connectivity index (χ2n) is 5.84. The molecule has 1 aromatic rings. The lowest BCUT2D eigenvalue weighted by Crippen LogP contribution is -2.46. The van der Waals surface area contributed by atoms with Crippen molar-refractivity contribution in [1.82, 2.24) is 0 Å². The highest BCUT2D eigenvalue weighted by molar-refractivity contribution is 5.88. The Balaban J connectivity index is 2.23. The molecule has 0 spiro atoms. The van der Waals surface area contributed by atoms with Gasteiger partial charge in [0.05, 0.1) is 0 Å². The van der Waals surface area contributed by atoms with Crippen LogP contribution in [0.2, 0.25) is 0 Å². The summed E-state index contributed by atoms with van der Waals surface area (Å²) in [6.45, 7) is 1.76. The summed E-state index contributed by atoms with van der Waals surface area (Å²) in [5.74, 6) is 0.0555. The Morgan fingerprint density at radius 3 is 2.45 bits per heavy atom.